The second-order valence-electron chi connectivity index (χ2n) is 5.62. The highest BCUT2D eigenvalue weighted by Crippen LogP contribution is 2.34. The third-order valence-corrected chi connectivity index (χ3v) is 4.10. The van der Waals surface area contributed by atoms with Crippen LogP contribution in [0.2, 0.25) is 0 Å². The fraction of sp³-hybridized carbons (Fsp3) is 0.333. The fourth-order valence-electron chi connectivity index (χ4n) is 3.05. The fourth-order valence-corrected chi connectivity index (χ4v) is 3.05. The zero-order valence-electron chi connectivity index (χ0n) is 13.2. The molecule has 2 aromatic carbocycles. The highest BCUT2D eigenvalue weighted by Gasteiger charge is 2.37. The van der Waals surface area contributed by atoms with Crippen LogP contribution in [-0.4, -0.2) is 38.2 Å². The van der Waals surface area contributed by atoms with Crippen molar-refractivity contribution in [2.24, 2.45) is 0 Å². The van der Waals surface area contributed by atoms with Gasteiger partial charge in [-0.25, -0.2) is 4.79 Å². The number of hydrogen-bond acceptors (Lipinski definition) is 4. The second-order valence-corrected chi connectivity index (χ2v) is 5.62. The van der Waals surface area contributed by atoms with Crippen molar-refractivity contribution in [3.05, 3.63) is 42.0 Å². The lowest BCUT2D eigenvalue weighted by atomic mass is 10.0. The predicted molar refractivity (Wildman–Crippen MR) is 87.4 cm³/mol. The molecule has 1 aliphatic rings. The third kappa shape index (κ3) is 2.80. The van der Waals surface area contributed by atoms with Gasteiger partial charge in [-0.05, 0) is 17.9 Å². The summed E-state index contributed by atoms with van der Waals surface area (Å²) in [6.07, 6.45) is 0.497. The predicted octanol–water partition coefficient (Wildman–Crippen LogP) is 2.44. The zero-order chi connectivity index (χ0) is 16.4. The molecule has 1 fully saturated rings. The molecule has 0 bridgehead atoms. The maximum absolute atomic E-state index is 12.7. The molecule has 5 heteroatoms. The molecule has 0 radical (unpaired) electrons. The minimum atomic E-state index is -0.595. The van der Waals surface area contributed by atoms with Gasteiger partial charge in [0.05, 0.1) is 12.3 Å². The molecule has 1 atom stereocenters. The third-order valence-electron chi connectivity index (χ3n) is 4.10. The van der Waals surface area contributed by atoms with Crippen LogP contribution >= 0.6 is 0 Å². The number of fused-ring (bicyclic) bond motifs is 1. The Morgan fingerprint density at radius 2 is 2.09 bits per heavy atom. The molecule has 3 rings (SSSR count). The quantitative estimate of drug-likeness (QED) is 0.814. The molecule has 1 aliphatic heterocycles. The van der Waals surface area contributed by atoms with E-state index in [1.807, 2.05) is 43.3 Å². The van der Waals surface area contributed by atoms with E-state index in [2.05, 4.69) is 0 Å². The molecule has 0 aromatic heterocycles. The van der Waals surface area contributed by atoms with Gasteiger partial charge in [-0.3, -0.25) is 9.69 Å². The maximum Gasteiger partial charge on any atom is 0.329 e. The van der Waals surface area contributed by atoms with E-state index in [1.54, 1.807) is 4.90 Å². The van der Waals surface area contributed by atoms with Crippen LogP contribution in [0, 0.1) is 6.92 Å². The molecule has 23 heavy (non-hydrogen) atoms. The molecule has 120 valence electrons. The van der Waals surface area contributed by atoms with Crippen molar-refractivity contribution >= 4 is 28.3 Å². The number of carbonyl (C=O) groups is 2. The van der Waals surface area contributed by atoms with Crippen molar-refractivity contribution in [1.82, 2.24) is 0 Å². The van der Waals surface area contributed by atoms with Crippen LogP contribution in [0.5, 0.6) is 0 Å². The first-order chi connectivity index (χ1) is 11.1. The molecular weight excluding hydrogens is 294 g/mol. The second kappa shape index (κ2) is 6.38. The molecule has 0 aliphatic carbocycles. The largest absolute Gasteiger partial charge is 0.464 e. The van der Waals surface area contributed by atoms with Gasteiger partial charge in [-0.15, -0.1) is 0 Å². The minimum Gasteiger partial charge on any atom is -0.464 e. The van der Waals surface area contributed by atoms with Gasteiger partial charge in [0.1, 0.15) is 12.6 Å². The lowest BCUT2D eigenvalue weighted by Gasteiger charge is -2.29. The molecule has 1 amide bonds. The summed E-state index contributed by atoms with van der Waals surface area (Å²) in [5, 5.41) is 1.96. The van der Waals surface area contributed by atoms with Crippen LogP contribution in [0.15, 0.2) is 36.4 Å². The summed E-state index contributed by atoms with van der Waals surface area (Å²) in [6, 6.07) is 11.2. The van der Waals surface area contributed by atoms with Crippen LogP contribution in [0.3, 0.4) is 0 Å². The van der Waals surface area contributed by atoms with Crippen molar-refractivity contribution in [2.45, 2.75) is 19.4 Å². The van der Waals surface area contributed by atoms with Gasteiger partial charge in [0, 0.05) is 18.9 Å². The smallest absolute Gasteiger partial charge is 0.329 e. The summed E-state index contributed by atoms with van der Waals surface area (Å²) < 4.78 is 10.1. The van der Waals surface area contributed by atoms with Crippen LogP contribution in [0.4, 0.5) is 5.69 Å². The zero-order valence-corrected chi connectivity index (χ0v) is 13.2. The van der Waals surface area contributed by atoms with Crippen LogP contribution in [-0.2, 0) is 19.1 Å². The Labute approximate surface area is 134 Å². The number of rotatable bonds is 4. The lowest BCUT2D eigenvalue weighted by molar-refractivity contribution is -0.140. The van der Waals surface area contributed by atoms with Gasteiger partial charge in [0.25, 0.3) is 5.91 Å². The van der Waals surface area contributed by atoms with E-state index in [4.69, 9.17) is 9.47 Å². The van der Waals surface area contributed by atoms with Crippen molar-refractivity contribution < 1.29 is 19.1 Å². The van der Waals surface area contributed by atoms with E-state index in [0.717, 1.165) is 22.0 Å². The SMILES string of the molecule is COCC(=O)N(c1c(C)ccc2ccccc12)C1CCOC1=O. The Morgan fingerprint density at radius 3 is 2.78 bits per heavy atom. The summed E-state index contributed by atoms with van der Waals surface area (Å²) in [5.41, 5.74) is 1.70. The van der Waals surface area contributed by atoms with Crippen molar-refractivity contribution in [2.75, 3.05) is 25.2 Å². The standard InChI is InChI=1S/C18H19NO4/c1-12-7-8-13-5-3-4-6-14(13)17(12)19(16(20)11-22-2)15-9-10-23-18(15)21/h3-8,15H,9-11H2,1-2H3. The Morgan fingerprint density at radius 1 is 1.30 bits per heavy atom. The first-order valence-corrected chi connectivity index (χ1v) is 7.59. The number of benzene rings is 2. The van der Waals surface area contributed by atoms with Crippen LogP contribution in [0.1, 0.15) is 12.0 Å². The molecule has 0 N–H and O–H groups in total. The number of ether oxygens (including phenoxy) is 2. The number of aryl methyl sites for hydroxylation is 1. The first kappa shape index (κ1) is 15.5. The monoisotopic (exact) mass is 313 g/mol. The number of amides is 1. The van der Waals surface area contributed by atoms with Crippen LogP contribution in [0.25, 0.3) is 10.8 Å². The van der Waals surface area contributed by atoms with Gasteiger partial charge in [-0.2, -0.15) is 0 Å². The number of hydrogen-bond donors (Lipinski definition) is 0. The maximum atomic E-state index is 12.7. The van der Waals surface area contributed by atoms with E-state index < -0.39 is 6.04 Å². The number of esters is 1. The van der Waals surface area contributed by atoms with Gasteiger partial charge in [0.2, 0.25) is 0 Å². The first-order valence-electron chi connectivity index (χ1n) is 7.59. The van der Waals surface area contributed by atoms with E-state index >= 15 is 0 Å². The Balaban J connectivity index is 2.18. The van der Waals surface area contributed by atoms with Gasteiger partial charge in [0.15, 0.2) is 0 Å². The number of nitrogens with zero attached hydrogens (tertiary/aromatic N) is 1. The number of anilines is 1. The molecule has 2 aromatic rings. The normalized spacial score (nSPS) is 17.3. The van der Waals surface area contributed by atoms with E-state index in [-0.39, 0.29) is 18.5 Å². The van der Waals surface area contributed by atoms with Gasteiger partial charge < -0.3 is 9.47 Å². The Kier molecular flexibility index (Phi) is 4.30. The number of cyclic esters (lactones) is 1. The molecule has 0 spiro atoms. The van der Waals surface area contributed by atoms with Crippen LogP contribution < -0.4 is 4.90 Å². The Hall–Kier alpha value is -2.40. The van der Waals surface area contributed by atoms with Crippen molar-refractivity contribution in [3.8, 4) is 0 Å². The van der Waals surface area contributed by atoms with E-state index in [1.165, 1.54) is 7.11 Å². The number of methoxy groups -OCH3 is 1. The molecule has 0 saturated carbocycles. The molecule has 5 nitrogen and oxygen atoms in total. The summed E-state index contributed by atoms with van der Waals surface area (Å²) in [6.45, 7) is 2.20. The molecule has 1 saturated heterocycles. The Bertz CT molecular complexity index is 756. The topological polar surface area (TPSA) is 55.8 Å². The molecular formula is C18H19NO4. The lowest BCUT2D eigenvalue weighted by Crippen LogP contribution is -2.45. The summed E-state index contributed by atoms with van der Waals surface area (Å²) >= 11 is 0. The van der Waals surface area contributed by atoms with Crippen molar-refractivity contribution in [1.29, 1.82) is 0 Å². The van der Waals surface area contributed by atoms with E-state index in [0.29, 0.717) is 13.0 Å². The average molecular weight is 313 g/mol. The van der Waals surface area contributed by atoms with Gasteiger partial charge >= 0.3 is 5.97 Å². The van der Waals surface area contributed by atoms with Crippen molar-refractivity contribution in [3.63, 3.8) is 0 Å². The molecule has 1 unspecified atom stereocenters. The summed E-state index contributed by atoms with van der Waals surface area (Å²) in [4.78, 5) is 26.3. The van der Waals surface area contributed by atoms with E-state index in [9.17, 15) is 9.59 Å². The highest BCUT2D eigenvalue weighted by molar-refractivity contribution is 6.08. The summed E-state index contributed by atoms with van der Waals surface area (Å²) in [7, 11) is 1.47. The highest BCUT2D eigenvalue weighted by atomic mass is 16.5. The minimum absolute atomic E-state index is 0.0769. The summed E-state index contributed by atoms with van der Waals surface area (Å²) in [5.74, 6) is -0.599. The average Bonchev–Trinajstić information content (AvgIpc) is 2.96. The van der Waals surface area contributed by atoms with Gasteiger partial charge in [-0.1, -0.05) is 36.4 Å². The number of carbonyl (C=O) groups excluding carboxylic acids is 2. The molecule has 1 heterocycles.